The van der Waals surface area contributed by atoms with Gasteiger partial charge in [-0.3, -0.25) is 0 Å². The maximum Gasteiger partial charge on any atom is 0.155 e. The van der Waals surface area contributed by atoms with Gasteiger partial charge in [0.15, 0.2) is 6.29 Å². The van der Waals surface area contributed by atoms with Crippen molar-refractivity contribution < 1.29 is 10.2 Å². The average molecular weight is 136 g/mol. The Morgan fingerprint density at radius 2 is 1.75 bits per heavy atom. The summed E-state index contributed by atoms with van der Waals surface area (Å²) in [6.45, 7) is 4.02. The second-order valence-electron chi connectivity index (χ2n) is 1.74. The molecule has 0 amide bonds. The van der Waals surface area contributed by atoms with E-state index in [1.54, 1.807) is 0 Å². The zero-order chi connectivity index (χ0) is 5.86. The van der Waals surface area contributed by atoms with Gasteiger partial charge in [-0.05, 0) is 13.3 Å². The number of rotatable bonds is 2. The normalized spacial score (nSPS) is 9.75. The van der Waals surface area contributed by atoms with Gasteiger partial charge in [-0.15, -0.1) is 7.92 Å². The third-order valence-corrected chi connectivity index (χ3v) is 1.59. The van der Waals surface area contributed by atoms with Gasteiger partial charge in [0.05, 0.1) is 8.41 Å². The van der Waals surface area contributed by atoms with Gasteiger partial charge in [-0.25, -0.2) is 0 Å². The molecule has 0 aromatic rings. The quantitative estimate of drug-likeness (QED) is 0.286. The average Bonchev–Trinajstić information content (AvgIpc) is 1.27. The van der Waals surface area contributed by atoms with Crippen LogP contribution in [-0.4, -0.2) is 44.4 Å². The molecule has 0 spiro atoms. The van der Waals surface area contributed by atoms with E-state index in [1.165, 1.54) is 0 Å². The first-order chi connectivity index (χ1) is 3.13. The van der Waals surface area contributed by atoms with E-state index in [-0.39, 0.29) is 16.3 Å². The van der Waals surface area contributed by atoms with E-state index in [1.807, 2.05) is 13.3 Å². The summed E-state index contributed by atoms with van der Waals surface area (Å²) in [5, 5.41) is 16.6. The maximum absolute atomic E-state index is 8.29. The topological polar surface area (TPSA) is 40.5 Å². The molecule has 0 aromatic carbocycles. The molecule has 8 heavy (non-hydrogen) atoms. The van der Waals surface area contributed by atoms with Gasteiger partial charge in [0.2, 0.25) is 0 Å². The molecule has 2 N–H and O–H groups in total. The highest BCUT2D eigenvalue weighted by Crippen LogP contribution is 2.23. The number of aliphatic hydroxyl groups excluding tert-OH is 1. The first kappa shape index (κ1) is 11.2. The lowest BCUT2D eigenvalue weighted by atomic mass is 10.8. The van der Waals surface area contributed by atoms with E-state index >= 15 is 0 Å². The van der Waals surface area contributed by atoms with Crippen LogP contribution < -0.4 is 0 Å². The molecule has 0 saturated carbocycles. The fourth-order valence-corrected chi connectivity index (χ4v) is 0.980. The highest BCUT2D eigenvalue weighted by atomic mass is 31.1. The Kier molecular flexibility index (Phi) is 7.80. The van der Waals surface area contributed by atoms with Crippen LogP contribution in [0.25, 0.3) is 0 Å². The van der Waals surface area contributed by atoms with Crippen LogP contribution in [0.4, 0.5) is 0 Å². The number of hydrogen-bond donors (Lipinski definition) is 2. The molecule has 0 aromatic heterocycles. The molecule has 0 heterocycles. The molecule has 0 saturated heterocycles. The molecular formula is C4H14BO2P. The lowest BCUT2D eigenvalue weighted by Crippen LogP contribution is -2.07. The van der Waals surface area contributed by atoms with Gasteiger partial charge in [-0.2, -0.15) is 0 Å². The zero-order valence-electron chi connectivity index (χ0n) is 4.63. The van der Waals surface area contributed by atoms with Gasteiger partial charge in [0.25, 0.3) is 0 Å². The predicted molar refractivity (Wildman–Crippen MR) is 41.8 cm³/mol. The Balaban J connectivity index is 0. The molecule has 0 atom stereocenters. The minimum atomic E-state index is -1.10. The third kappa shape index (κ3) is 9.65. The first-order valence-corrected chi connectivity index (χ1v) is 4.56. The van der Waals surface area contributed by atoms with Crippen LogP contribution in [0.5, 0.6) is 0 Å². The summed E-state index contributed by atoms with van der Waals surface area (Å²) in [7, 11) is -0.140. The number of aliphatic hydroxyl groups is 2. The van der Waals surface area contributed by atoms with Crippen molar-refractivity contribution in [2.75, 3.05) is 19.5 Å². The SMILES string of the molecule is B.CP(C)CC(O)O. The molecule has 0 aliphatic rings. The second-order valence-corrected chi connectivity index (χ2v) is 4.27. The summed E-state index contributed by atoms with van der Waals surface area (Å²) < 4.78 is 0. The lowest BCUT2D eigenvalue weighted by Gasteiger charge is -2.04. The van der Waals surface area contributed by atoms with Crippen LogP contribution >= 0.6 is 7.92 Å². The largest absolute Gasteiger partial charge is 0.368 e. The second kappa shape index (κ2) is 5.55. The lowest BCUT2D eigenvalue weighted by molar-refractivity contribution is -0.0194. The molecule has 0 bridgehead atoms. The summed E-state index contributed by atoms with van der Waals surface area (Å²) in [5.74, 6) is 0. The summed E-state index contributed by atoms with van der Waals surface area (Å²) in [4.78, 5) is 0. The van der Waals surface area contributed by atoms with Crippen LogP contribution in [0, 0.1) is 0 Å². The van der Waals surface area contributed by atoms with Crippen molar-refractivity contribution in [2.45, 2.75) is 6.29 Å². The van der Waals surface area contributed by atoms with E-state index in [0.29, 0.717) is 6.16 Å². The van der Waals surface area contributed by atoms with Crippen molar-refractivity contribution in [3.8, 4) is 0 Å². The van der Waals surface area contributed by atoms with Gasteiger partial charge < -0.3 is 10.2 Å². The highest BCUT2D eigenvalue weighted by molar-refractivity contribution is 7.56. The van der Waals surface area contributed by atoms with Gasteiger partial charge in [0.1, 0.15) is 0 Å². The predicted octanol–water partition coefficient (Wildman–Crippen LogP) is -1.15. The van der Waals surface area contributed by atoms with Crippen molar-refractivity contribution in [3.05, 3.63) is 0 Å². The Morgan fingerprint density at radius 3 is 1.75 bits per heavy atom. The molecule has 4 heteroatoms. The smallest absolute Gasteiger partial charge is 0.155 e. The van der Waals surface area contributed by atoms with Crippen molar-refractivity contribution in [2.24, 2.45) is 0 Å². The minimum absolute atomic E-state index is 0. The molecule has 0 aliphatic heterocycles. The van der Waals surface area contributed by atoms with E-state index in [9.17, 15) is 0 Å². The molecule has 50 valence electrons. The Labute approximate surface area is 53.2 Å². The van der Waals surface area contributed by atoms with Crippen molar-refractivity contribution in [1.82, 2.24) is 0 Å². The van der Waals surface area contributed by atoms with Crippen LogP contribution in [0.15, 0.2) is 0 Å². The minimum Gasteiger partial charge on any atom is -0.368 e. The fourth-order valence-electron chi connectivity index (χ4n) is 0.327. The third-order valence-electron chi connectivity index (χ3n) is 0.528. The standard InChI is InChI=1S/C4H11O2P.BH3/c1-7(2)3-4(5)6;/h4-6H,3H2,1-2H3;1H3. The van der Waals surface area contributed by atoms with Crippen LogP contribution in [0.2, 0.25) is 0 Å². The van der Waals surface area contributed by atoms with Crippen LogP contribution in [0.1, 0.15) is 0 Å². The van der Waals surface area contributed by atoms with E-state index in [4.69, 9.17) is 10.2 Å². The molecule has 0 fully saturated rings. The Bertz CT molecular complexity index is 43.3. The Hall–Kier alpha value is 0.415. The highest BCUT2D eigenvalue weighted by Gasteiger charge is 1.98. The molecule has 0 rings (SSSR count). The van der Waals surface area contributed by atoms with Crippen molar-refractivity contribution in [3.63, 3.8) is 0 Å². The summed E-state index contributed by atoms with van der Waals surface area (Å²) in [5.41, 5.74) is 0. The van der Waals surface area contributed by atoms with Crippen LogP contribution in [0.3, 0.4) is 0 Å². The van der Waals surface area contributed by atoms with Gasteiger partial charge in [-0.1, -0.05) is 0 Å². The van der Waals surface area contributed by atoms with Crippen molar-refractivity contribution in [1.29, 1.82) is 0 Å². The van der Waals surface area contributed by atoms with Crippen LogP contribution in [-0.2, 0) is 0 Å². The molecule has 0 radical (unpaired) electrons. The first-order valence-electron chi connectivity index (χ1n) is 2.14. The van der Waals surface area contributed by atoms with E-state index in [0.717, 1.165) is 0 Å². The number of hydrogen-bond acceptors (Lipinski definition) is 2. The zero-order valence-corrected chi connectivity index (χ0v) is 5.52. The summed E-state index contributed by atoms with van der Waals surface area (Å²) >= 11 is 0. The molecular weight excluding hydrogens is 122 g/mol. The molecule has 2 nitrogen and oxygen atoms in total. The maximum atomic E-state index is 8.29. The van der Waals surface area contributed by atoms with Gasteiger partial charge >= 0.3 is 0 Å². The molecule has 0 unspecified atom stereocenters. The van der Waals surface area contributed by atoms with Crippen molar-refractivity contribution >= 4 is 16.3 Å². The van der Waals surface area contributed by atoms with E-state index < -0.39 is 6.29 Å². The Morgan fingerprint density at radius 1 is 1.38 bits per heavy atom. The van der Waals surface area contributed by atoms with Gasteiger partial charge in [0, 0.05) is 6.16 Å². The monoisotopic (exact) mass is 136 g/mol. The summed E-state index contributed by atoms with van der Waals surface area (Å²) in [6, 6.07) is 0. The summed E-state index contributed by atoms with van der Waals surface area (Å²) in [6.07, 6.45) is -0.559. The molecule has 0 aliphatic carbocycles. The fraction of sp³-hybridized carbons (Fsp3) is 1.00. The van der Waals surface area contributed by atoms with E-state index in [2.05, 4.69) is 0 Å².